The molecule has 0 radical (unpaired) electrons. The third-order valence-corrected chi connectivity index (χ3v) is 5.01. The Kier molecular flexibility index (Phi) is 4.42. The molecule has 3 rings (SSSR count). The third-order valence-electron chi connectivity index (χ3n) is 5.01. The quantitative estimate of drug-likeness (QED) is 0.628. The van der Waals surface area contributed by atoms with E-state index in [0.29, 0.717) is 12.3 Å². The molecule has 4 heteroatoms. The minimum absolute atomic E-state index is 0.183. The first-order chi connectivity index (χ1) is 11.1. The molecule has 0 bridgehead atoms. The molecule has 1 aliphatic carbocycles. The van der Waals surface area contributed by atoms with E-state index < -0.39 is 0 Å². The summed E-state index contributed by atoms with van der Waals surface area (Å²) in [5, 5.41) is 13.3. The van der Waals surface area contributed by atoms with Crippen LogP contribution in [-0.4, -0.2) is 17.3 Å². The highest BCUT2D eigenvalue weighted by Gasteiger charge is 2.37. The van der Waals surface area contributed by atoms with Gasteiger partial charge in [0.2, 0.25) is 6.54 Å². The molecular weight excluding hydrogens is 290 g/mol. The first-order valence-electron chi connectivity index (χ1n) is 8.18. The number of hydrogen-bond donors (Lipinski definition) is 0. The maximum atomic E-state index is 12.4. The highest BCUT2D eigenvalue weighted by Crippen LogP contribution is 2.39. The summed E-state index contributed by atoms with van der Waals surface area (Å²) in [6.07, 6.45) is 2.20. The molecule has 23 heavy (non-hydrogen) atoms. The number of nitrogens with zero attached hydrogens (tertiary/aromatic N) is 1. The lowest BCUT2D eigenvalue weighted by Crippen LogP contribution is -2.32. The molecule has 1 saturated carbocycles. The average molecular weight is 311 g/mol. The third kappa shape index (κ3) is 3.26. The number of carbonyl (C=O) groups excluding carboxylic acids is 1. The predicted molar refractivity (Wildman–Crippen MR) is 90.1 cm³/mol. The Hall–Kier alpha value is -2.23. The van der Waals surface area contributed by atoms with Gasteiger partial charge < -0.3 is 0 Å². The number of Topliss-reactive ketones (excluding diaryl/α,β-unsaturated/α-hetero) is 1. The molecule has 0 amide bonds. The van der Waals surface area contributed by atoms with E-state index in [9.17, 15) is 14.9 Å². The number of ketones is 1. The standard InChI is InChI=1S/C19H21NO3/c1-13-9-10-19(21)17(11-13)18(12-20(22)23)16-8-4-6-14-5-2-3-7-15(14)16/h2-8,13,17-18H,9-12H2,1H3/t13-,17-,18-/m0/s1. The predicted octanol–water partition coefficient (Wildman–Crippen LogP) is 4.21. The lowest BCUT2D eigenvalue weighted by atomic mass is 9.72. The Labute approximate surface area is 135 Å². The van der Waals surface area contributed by atoms with E-state index in [1.165, 1.54) is 0 Å². The Morgan fingerprint density at radius 1 is 1.22 bits per heavy atom. The topological polar surface area (TPSA) is 60.2 Å². The summed E-state index contributed by atoms with van der Waals surface area (Å²) in [7, 11) is 0. The van der Waals surface area contributed by atoms with Crippen LogP contribution in [0.15, 0.2) is 42.5 Å². The maximum absolute atomic E-state index is 12.4. The summed E-state index contributed by atoms with van der Waals surface area (Å²) in [6, 6.07) is 13.8. The zero-order chi connectivity index (χ0) is 16.4. The minimum Gasteiger partial charge on any atom is -0.299 e. The molecule has 2 aromatic carbocycles. The Bertz CT molecular complexity index is 735. The van der Waals surface area contributed by atoms with Crippen LogP contribution in [0, 0.1) is 22.0 Å². The number of rotatable bonds is 4. The van der Waals surface area contributed by atoms with Gasteiger partial charge in [0.15, 0.2) is 0 Å². The van der Waals surface area contributed by atoms with Gasteiger partial charge in [0.25, 0.3) is 0 Å². The van der Waals surface area contributed by atoms with E-state index in [0.717, 1.165) is 29.2 Å². The van der Waals surface area contributed by atoms with E-state index in [2.05, 4.69) is 6.92 Å². The Morgan fingerprint density at radius 2 is 1.96 bits per heavy atom. The van der Waals surface area contributed by atoms with Crippen molar-refractivity contribution >= 4 is 16.6 Å². The SMILES string of the molecule is C[C@H]1CCC(=O)[C@H]([C@@H](C[N+](=O)[O-])c2cccc3ccccc23)C1. The van der Waals surface area contributed by atoms with Crippen LogP contribution < -0.4 is 0 Å². The van der Waals surface area contributed by atoms with Crippen molar-refractivity contribution in [1.29, 1.82) is 0 Å². The maximum Gasteiger partial charge on any atom is 0.211 e. The molecule has 0 aromatic heterocycles. The van der Waals surface area contributed by atoms with E-state index >= 15 is 0 Å². The number of fused-ring (bicyclic) bond motifs is 1. The van der Waals surface area contributed by atoms with Crippen molar-refractivity contribution in [3.63, 3.8) is 0 Å². The summed E-state index contributed by atoms with van der Waals surface area (Å²) in [4.78, 5) is 23.4. The van der Waals surface area contributed by atoms with Gasteiger partial charge in [-0.2, -0.15) is 0 Å². The molecular formula is C19H21NO3. The molecule has 2 aromatic rings. The van der Waals surface area contributed by atoms with E-state index in [1.54, 1.807) is 0 Å². The van der Waals surface area contributed by atoms with Gasteiger partial charge >= 0.3 is 0 Å². The van der Waals surface area contributed by atoms with Crippen LogP contribution in [0.3, 0.4) is 0 Å². The molecule has 120 valence electrons. The second-order valence-corrected chi connectivity index (χ2v) is 6.64. The van der Waals surface area contributed by atoms with E-state index in [1.807, 2.05) is 42.5 Å². The van der Waals surface area contributed by atoms with Crippen molar-refractivity contribution in [2.75, 3.05) is 6.54 Å². The molecule has 0 N–H and O–H groups in total. The molecule has 1 fully saturated rings. The van der Waals surface area contributed by atoms with Gasteiger partial charge in [0.1, 0.15) is 5.78 Å². The number of hydrogen-bond acceptors (Lipinski definition) is 3. The summed E-state index contributed by atoms with van der Waals surface area (Å²) in [5.74, 6) is 0.0473. The van der Waals surface area contributed by atoms with Crippen molar-refractivity contribution in [3.8, 4) is 0 Å². The molecule has 1 aliphatic rings. The minimum atomic E-state index is -0.341. The number of benzene rings is 2. The summed E-state index contributed by atoms with van der Waals surface area (Å²) in [6.45, 7) is 1.95. The Balaban J connectivity index is 2.07. The lowest BCUT2D eigenvalue weighted by Gasteiger charge is -2.31. The van der Waals surface area contributed by atoms with Crippen LogP contribution in [0.25, 0.3) is 10.8 Å². The summed E-state index contributed by atoms with van der Waals surface area (Å²) >= 11 is 0. The lowest BCUT2D eigenvalue weighted by molar-refractivity contribution is -0.484. The van der Waals surface area contributed by atoms with Crippen molar-refractivity contribution in [1.82, 2.24) is 0 Å². The highest BCUT2D eigenvalue weighted by atomic mass is 16.6. The summed E-state index contributed by atoms with van der Waals surface area (Å²) in [5.41, 5.74) is 0.937. The van der Waals surface area contributed by atoms with Crippen molar-refractivity contribution in [2.24, 2.45) is 11.8 Å². The number of nitro groups is 1. The fourth-order valence-corrected chi connectivity index (χ4v) is 3.82. The van der Waals surface area contributed by atoms with Crippen molar-refractivity contribution in [3.05, 3.63) is 58.1 Å². The van der Waals surface area contributed by atoms with Crippen LogP contribution in [-0.2, 0) is 4.79 Å². The second-order valence-electron chi connectivity index (χ2n) is 6.64. The van der Waals surface area contributed by atoms with Crippen molar-refractivity contribution in [2.45, 2.75) is 32.1 Å². The van der Waals surface area contributed by atoms with Gasteiger partial charge in [-0.25, -0.2) is 0 Å². The molecule has 0 aliphatic heterocycles. The zero-order valence-corrected chi connectivity index (χ0v) is 13.3. The monoisotopic (exact) mass is 311 g/mol. The van der Waals surface area contributed by atoms with Gasteiger partial charge in [0, 0.05) is 17.3 Å². The van der Waals surface area contributed by atoms with Crippen LogP contribution >= 0.6 is 0 Å². The van der Waals surface area contributed by atoms with Gasteiger partial charge in [-0.1, -0.05) is 49.4 Å². The zero-order valence-electron chi connectivity index (χ0n) is 13.3. The van der Waals surface area contributed by atoms with Gasteiger partial charge in [-0.3, -0.25) is 14.9 Å². The van der Waals surface area contributed by atoms with E-state index in [-0.39, 0.29) is 29.1 Å². The fourth-order valence-electron chi connectivity index (χ4n) is 3.82. The van der Waals surface area contributed by atoms with Crippen LogP contribution in [0.1, 0.15) is 37.7 Å². The van der Waals surface area contributed by atoms with Crippen LogP contribution in [0.4, 0.5) is 0 Å². The fraction of sp³-hybridized carbons (Fsp3) is 0.421. The van der Waals surface area contributed by atoms with E-state index in [4.69, 9.17) is 0 Å². The smallest absolute Gasteiger partial charge is 0.211 e. The second kappa shape index (κ2) is 6.49. The van der Waals surface area contributed by atoms with Crippen LogP contribution in [0.2, 0.25) is 0 Å². The van der Waals surface area contributed by atoms with Crippen molar-refractivity contribution < 1.29 is 9.72 Å². The van der Waals surface area contributed by atoms with Gasteiger partial charge in [0.05, 0.1) is 5.92 Å². The first-order valence-corrected chi connectivity index (χ1v) is 8.18. The molecule has 0 unspecified atom stereocenters. The molecule has 0 heterocycles. The number of carbonyl (C=O) groups is 1. The van der Waals surface area contributed by atoms with Gasteiger partial charge in [-0.15, -0.1) is 0 Å². The summed E-state index contributed by atoms with van der Waals surface area (Å²) < 4.78 is 0. The average Bonchev–Trinajstić information content (AvgIpc) is 2.54. The van der Waals surface area contributed by atoms with Crippen LogP contribution in [0.5, 0.6) is 0 Å². The molecule has 4 nitrogen and oxygen atoms in total. The largest absolute Gasteiger partial charge is 0.299 e. The normalized spacial score (nSPS) is 22.9. The molecule has 3 atom stereocenters. The highest BCUT2D eigenvalue weighted by molar-refractivity contribution is 5.88. The Morgan fingerprint density at radius 3 is 2.74 bits per heavy atom. The molecule has 0 spiro atoms. The van der Waals surface area contributed by atoms with Gasteiger partial charge in [-0.05, 0) is 35.1 Å². The molecule has 0 saturated heterocycles. The first kappa shape index (κ1) is 15.7.